The van der Waals surface area contributed by atoms with Crippen LogP contribution in [0.25, 0.3) is 11.1 Å². The number of rotatable bonds is 5. The maximum absolute atomic E-state index is 5.38. The summed E-state index contributed by atoms with van der Waals surface area (Å²) in [7, 11) is 0. The number of aryl methyl sites for hydroxylation is 1. The molecule has 2 nitrogen and oxygen atoms in total. The summed E-state index contributed by atoms with van der Waals surface area (Å²) < 4.78 is 5.38. The molecule has 2 aromatic rings. The largest absolute Gasteiger partial charge is 0.443 e. The van der Waals surface area contributed by atoms with Crippen molar-refractivity contribution in [2.45, 2.75) is 32.1 Å². The molecule has 1 aromatic carbocycles. The Hall–Kier alpha value is -1.31. The predicted octanol–water partition coefficient (Wildman–Crippen LogP) is 3.76. The molecule has 0 bridgehead atoms. The van der Waals surface area contributed by atoms with E-state index >= 15 is 0 Å². The second-order valence-electron chi connectivity index (χ2n) is 3.78. The van der Waals surface area contributed by atoms with E-state index in [0.29, 0.717) is 0 Å². The molecule has 0 amide bonds. The van der Waals surface area contributed by atoms with Gasteiger partial charge in [-0.3, -0.25) is 0 Å². The van der Waals surface area contributed by atoms with Gasteiger partial charge in [0.1, 0.15) is 5.52 Å². The Morgan fingerprint density at radius 2 is 2.13 bits per heavy atom. The normalized spacial score (nSPS) is 11.0. The van der Waals surface area contributed by atoms with Crippen molar-refractivity contribution in [2.24, 2.45) is 0 Å². The Labute approximate surface area is 90.3 Å². The van der Waals surface area contributed by atoms with Gasteiger partial charge < -0.3 is 4.42 Å². The number of fused-ring (bicyclic) bond motifs is 1. The fraction of sp³-hybridized carbons (Fsp3) is 0.385. The van der Waals surface area contributed by atoms with Crippen LogP contribution in [0.2, 0.25) is 0 Å². The van der Waals surface area contributed by atoms with Crippen LogP contribution in [-0.2, 0) is 6.42 Å². The van der Waals surface area contributed by atoms with Crippen molar-refractivity contribution >= 4 is 11.1 Å². The standard InChI is InChI=1S/C13H16NO/c1-2-3-4-5-7-11-8-6-9-12-13(11)15-10-14-12/h6,8-10H,1-5,7H2. The molecule has 0 N–H and O–H groups in total. The highest BCUT2D eigenvalue weighted by Crippen LogP contribution is 2.19. The van der Waals surface area contributed by atoms with Gasteiger partial charge in [0.05, 0.1) is 0 Å². The SMILES string of the molecule is [CH2]CCCCCc1cccc2ncoc12. The van der Waals surface area contributed by atoms with Crippen molar-refractivity contribution in [3.63, 3.8) is 0 Å². The molecule has 0 spiro atoms. The summed E-state index contributed by atoms with van der Waals surface area (Å²) in [4.78, 5) is 4.15. The molecule has 1 heterocycles. The lowest BCUT2D eigenvalue weighted by Crippen LogP contribution is -1.86. The number of hydrogen-bond acceptors (Lipinski definition) is 2. The Morgan fingerprint density at radius 3 is 3.00 bits per heavy atom. The van der Waals surface area contributed by atoms with Gasteiger partial charge in [-0.25, -0.2) is 4.98 Å². The quantitative estimate of drug-likeness (QED) is 0.690. The third-order valence-electron chi connectivity index (χ3n) is 2.63. The molecule has 0 saturated carbocycles. The van der Waals surface area contributed by atoms with Crippen molar-refractivity contribution in [1.82, 2.24) is 4.98 Å². The first-order valence-corrected chi connectivity index (χ1v) is 5.52. The van der Waals surface area contributed by atoms with E-state index < -0.39 is 0 Å². The molecule has 0 atom stereocenters. The number of unbranched alkanes of at least 4 members (excludes halogenated alkanes) is 3. The van der Waals surface area contributed by atoms with Gasteiger partial charge in [-0.2, -0.15) is 0 Å². The molecule has 15 heavy (non-hydrogen) atoms. The van der Waals surface area contributed by atoms with E-state index in [1.165, 1.54) is 31.2 Å². The molecule has 0 fully saturated rings. The molecule has 1 radical (unpaired) electrons. The number of hydrogen-bond donors (Lipinski definition) is 0. The number of benzene rings is 1. The van der Waals surface area contributed by atoms with Crippen molar-refractivity contribution in [3.05, 3.63) is 37.1 Å². The zero-order valence-electron chi connectivity index (χ0n) is 8.91. The molecule has 2 rings (SSSR count). The zero-order chi connectivity index (χ0) is 10.5. The summed E-state index contributed by atoms with van der Waals surface area (Å²) >= 11 is 0. The molecule has 1 aromatic heterocycles. The van der Waals surface area contributed by atoms with E-state index in [0.717, 1.165) is 23.9 Å². The first-order valence-electron chi connectivity index (χ1n) is 5.52. The van der Waals surface area contributed by atoms with Gasteiger partial charge in [0.25, 0.3) is 0 Å². The Kier molecular flexibility index (Phi) is 3.38. The van der Waals surface area contributed by atoms with Crippen molar-refractivity contribution in [2.75, 3.05) is 0 Å². The van der Waals surface area contributed by atoms with Crippen LogP contribution in [0, 0.1) is 6.92 Å². The van der Waals surface area contributed by atoms with Crippen LogP contribution in [0.1, 0.15) is 31.2 Å². The van der Waals surface area contributed by atoms with Gasteiger partial charge in [-0.1, -0.05) is 38.3 Å². The van der Waals surface area contributed by atoms with E-state index in [1.54, 1.807) is 0 Å². The van der Waals surface area contributed by atoms with Crippen LogP contribution in [0.4, 0.5) is 0 Å². The average Bonchev–Trinajstić information content (AvgIpc) is 2.73. The van der Waals surface area contributed by atoms with E-state index in [9.17, 15) is 0 Å². The van der Waals surface area contributed by atoms with Gasteiger partial charge in [0.2, 0.25) is 0 Å². The molecule has 0 aliphatic rings. The summed E-state index contributed by atoms with van der Waals surface area (Å²) in [6, 6.07) is 6.15. The molecule has 0 aliphatic carbocycles. The van der Waals surface area contributed by atoms with Crippen LogP contribution < -0.4 is 0 Å². The molecule has 0 saturated heterocycles. The van der Waals surface area contributed by atoms with Crippen LogP contribution in [0.3, 0.4) is 0 Å². The van der Waals surface area contributed by atoms with Crippen LogP contribution >= 0.6 is 0 Å². The van der Waals surface area contributed by atoms with Gasteiger partial charge in [-0.15, -0.1) is 0 Å². The minimum absolute atomic E-state index is 0.951. The van der Waals surface area contributed by atoms with Crippen molar-refractivity contribution in [3.8, 4) is 0 Å². The lowest BCUT2D eigenvalue weighted by molar-refractivity contribution is 0.594. The summed E-state index contributed by atoms with van der Waals surface area (Å²) in [5.41, 5.74) is 3.19. The third kappa shape index (κ3) is 2.38. The minimum atomic E-state index is 0.951. The minimum Gasteiger partial charge on any atom is -0.443 e. The lowest BCUT2D eigenvalue weighted by atomic mass is 10.1. The van der Waals surface area contributed by atoms with Gasteiger partial charge in [0, 0.05) is 0 Å². The van der Waals surface area contributed by atoms with Crippen LogP contribution in [0.15, 0.2) is 29.0 Å². The van der Waals surface area contributed by atoms with Crippen molar-refractivity contribution < 1.29 is 4.42 Å². The summed E-state index contributed by atoms with van der Waals surface area (Å²) in [5, 5.41) is 0. The molecule has 2 heteroatoms. The second kappa shape index (κ2) is 4.96. The second-order valence-corrected chi connectivity index (χ2v) is 3.78. The maximum atomic E-state index is 5.38. The monoisotopic (exact) mass is 202 g/mol. The summed E-state index contributed by atoms with van der Waals surface area (Å²) in [6.07, 6.45) is 7.29. The predicted molar refractivity (Wildman–Crippen MR) is 61.5 cm³/mol. The number of nitrogens with zero attached hydrogens (tertiary/aromatic N) is 1. The van der Waals surface area contributed by atoms with E-state index in [-0.39, 0.29) is 0 Å². The molecule has 0 aliphatic heterocycles. The topological polar surface area (TPSA) is 26.0 Å². The molecular formula is C13H16NO. The molecular weight excluding hydrogens is 186 g/mol. The number of para-hydroxylation sites is 1. The lowest BCUT2D eigenvalue weighted by Gasteiger charge is -2.01. The Bertz CT molecular complexity index is 419. The maximum Gasteiger partial charge on any atom is 0.181 e. The fourth-order valence-corrected chi connectivity index (χ4v) is 1.81. The Morgan fingerprint density at radius 1 is 1.20 bits per heavy atom. The highest BCUT2D eigenvalue weighted by Gasteiger charge is 2.03. The van der Waals surface area contributed by atoms with E-state index in [4.69, 9.17) is 4.42 Å². The fourth-order valence-electron chi connectivity index (χ4n) is 1.81. The first kappa shape index (κ1) is 10.2. The van der Waals surface area contributed by atoms with Gasteiger partial charge >= 0.3 is 0 Å². The average molecular weight is 202 g/mol. The molecule has 0 unspecified atom stereocenters. The number of aromatic nitrogens is 1. The third-order valence-corrected chi connectivity index (χ3v) is 2.63. The highest BCUT2D eigenvalue weighted by molar-refractivity contribution is 5.75. The number of oxazole rings is 1. The van der Waals surface area contributed by atoms with Crippen LogP contribution in [-0.4, -0.2) is 4.98 Å². The van der Waals surface area contributed by atoms with Crippen LogP contribution in [0.5, 0.6) is 0 Å². The summed E-state index contributed by atoms with van der Waals surface area (Å²) in [5.74, 6) is 0. The zero-order valence-corrected chi connectivity index (χ0v) is 8.91. The molecule has 79 valence electrons. The van der Waals surface area contributed by atoms with E-state index in [1.807, 2.05) is 12.1 Å². The first-order chi connectivity index (χ1) is 7.42. The van der Waals surface area contributed by atoms with E-state index in [2.05, 4.69) is 18.0 Å². The smallest absolute Gasteiger partial charge is 0.181 e. The van der Waals surface area contributed by atoms with Crippen molar-refractivity contribution in [1.29, 1.82) is 0 Å². The Balaban J connectivity index is 2.04. The highest BCUT2D eigenvalue weighted by atomic mass is 16.3. The summed E-state index contributed by atoms with van der Waals surface area (Å²) in [6.45, 7) is 3.84. The van der Waals surface area contributed by atoms with Gasteiger partial charge in [0.15, 0.2) is 12.0 Å². The van der Waals surface area contributed by atoms with Gasteiger partial charge in [-0.05, 0) is 24.5 Å².